The third-order valence-electron chi connectivity index (χ3n) is 1.02. The summed E-state index contributed by atoms with van der Waals surface area (Å²) in [5.41, 5.74) is 0. The molecule has 0 spiro atoms. The first-order valence-electron chi connectivity index (χ1n) is 4.53. The molecule has 0 amide bonds. The van der Waals surface area contributed by atoms with Gasteiger partial charge in [-0.15, -0.1) is 0 Å². The minimum atomic E-state index is -4.63. The van der Waals surface area contributed by atoms with Crippen LogP contribution in [0, 0.1) is 0 Å². The molecule has 0 fully saturated rings. The molecular weight excluding hydrogens is 306 g/mol. The molecular formula is C7H13F6NO2P2. The van der Waals surface area contributed by atoms with Crippen molar-refractivity contribution >= 4 is 15.6 Å². The highest BCUT2D eigenvalue weighted by Gasteiger charge is 2.33. The third-order valence-corrected chi connectivity index (χ3v) is 4.45. The number of hydrogen-bond donors (Lipinski definition) is 0. The van der Waals surface area contributed by atoms with Gasteiger partial charge in [-0.3, -0.25) is 0 Å². The predicted octanol–water partition coefficient (Wildman–Crippen LogP) is 4.46. The zero-order chi connectivity index (χ0) is 14.6. The zero-order valence-electron chi connectivity index (χ0n) is 9.84. The van der Waals surface area contributed by atoms with Gasteiger partial charge in [0.25, 0.3) is 0 Å². The molecule has 18 heavy (non-hydrogen) atoms. The first-order valence-corrected chi connectivity index (χ1v) is 8.74. The molecule has 0 aliphatic heterocycles. The van der Waals surface area contributed by atoms with E-state index in [2.05, 4.69) is 13.6 Å². The molecule has 0 saturated heterocycles. The van der Waals surface area contributed by atoms with Crippen LogP contribution in [0.25, 0.3) is 0 Å². The Balaban J connectivity index is 4.55. The van der Waals surface area contributed by atoms with Crippen molar-refractivity contribution in [2.24, 2.45) is 4.52 Å². The lowest BCUT2D eigenvalue weighted by atomic mass is 10.7. The molecule has 0 atom stereocenters. The smallest absolute Gasteiger partial charge is 0.307 e. The lowest BCUT2D eigenvalue weighted by Crippen LogP contribution is -2.18. The summed E-state index contributed by atoms with van der Waals surface area (Å²) in [6.07, 6.45) is -9.26. The summed E-state index contributed by atoms with van der Waals surface area (Å²) in [4.78, 5) is 0. The van der Waals surface area contributed by atoms with Gasteiger partial charge in [-0.2, -0.15) is 26.3 Å². The molecule has 0 aromatic heterocycles. The maximum Gasteiger partial charge on any atom is 0.412 e. The van der Waals surface area contributed by atoms with Crippen molar-refractivity contribution < 1.29 is 35.4 Å². The van der Waals surface area contributed by atoms with E-state index in [1.165, 1.54) is 0 Å². The van der Waals surface area contributed by atoms with Crippen LogP contribution in [0.1, 0.15) is 0 Å². The Morgan fingerprint density at radius 1 is 0.889 bits per heavy atom. The summed E-state index contributed by atoms with van der Waals surface area (Å²) in [6, 6.07) is 0. The molecule has 0 unspecified atom stereocenters. The lowest BCUT2D eigenvalue weighted by Gasteiger charge is -2.18. The minimum Gasteiger partial charge on any atom is -0.307 e. The van der Waals surface area contributed by atoms with Gasteiger partial charge in [0.05, 0.1) is 0 Å². The van der Waals surface area contributed by atoms with Crippen molar-refractivity contribution in [2.75, 3.05) is 33.2 Å². The Morgan fingerprint density at radius 2 is 1.22 bits per heavy atom. The van der Waals surface area contributed by atoms with Crippen molar-refractivity contribution in [3.63, 3.8) is 0 Å². The fourth-order valence-corrected chi connectivity index (χ4v) is 3.32. The number of nitrogens with zero attached hydrogens (tertiary/aromatic N) is 1. The summed E-state index contributed by atoms with van der Waals surface area (Å²) in [7, 11) is -4.51. The fraction of sp³-hybridized carbons (Fsp3) is 1.00. The van der Waals surface area contributed by atoms with Crippen LogP contribution < -0.4 is 0 Å². The monoisotopic (exact) mass is 319 g/mol. The van der Waals surface area contributed by atoms with Gasteiger partial charge in [0.2, 0.25) is 0 Å². The zero-order valence-corrected chi connectivity index (χ0v) is 11.6. The van der Waals surface area contributed by atoms with Gasteiger partial charge in [0.15, 0.2) is 13.2 Å². The Kier molecular flexibility index (Phi) is 6.61. The standard InChI is InChI=1S/C7H13F6NO2P2/c1-18(2,3)14-17(15-4-6(8,9)10)16-5-7(11,12)13/h4-5H2,1-3H3. The molecule has 11 heteroatoms. The second kappa shape index (κ2) is 6.55. The molecule has 0 aromatic rings. The lowest BCUT2D eigenvalue weighted by molar-refractivity contribution is -0.162. The van der Waals surface area contributed by atoms with Crippen LogP contribution in [0.4, 0.5) is 26.3 Å². The molecule has 0 aliphatic carbocycles. The van der Waals surface area contributed by atoms with Gasteiger partial charge in [0.1, 0.15) is 0 Å². The molecule has 0 heterocycles. The van der Waals surface area contributed by atoms with Gasteiger partial charge < -0.3 is 9.05 Å². The van der Waals surface area contributed by atoms with Crippen LogP contribution in [0.3, 0.4) is 0 Å². The highest BCUT2D eigenvalue weighted by atomic mass is 31.2. The van der Waals surface area contributed by atoms with Gasteiger partial charge in [-0.05, 0) is 27.0 Å². The van der Waals surface area contributed by atoms with Crippen molar-refractivity contribution in [3.05, 3.63) is 0 Å². The highest BCUT2D eigenvalue weighted by molar-refractivity contribution is 7.69. The van der Waals surface area contributed by atoms with Crippen LogP contribution in [0.2, 0.25) is 0 Å². The van der Waals surface area contributed by atoms with E-state index >= 15 is 0 Å². The van der Waals surface area contributed by atoms with E-state index in [1.54, 1.807) is 20.0 Å². The van der Waals surface area contributed by atoms with E-state index in [9.17, 15) is 26.3 Å². The van der Waals surface area contributed by atoms with E-state index in [0.717, 1.165) is 0 Å². The summed E-state index contributed by atoms with van der Waals surface area (Å²) in [5, 5.41) is 0. The van der Waals surface area contributed by atoms with Crippen molar-refractivity contribution in [3.8, 4) is 0 Å². The van der Waals surface area contributed by atoms with Crippen LogP contribution in [-0.4, -0.2) is 45.6 Å². The van der Waals surface area contributed by atoms with E-state index in [0.29, 0.717) is 0 Å². The summed E-state index contributed by atoms with van der Waals surface area (Å²) >= 11 is 0. The van der Waals surface area contributed by atoms with E-state index in [-0.39, 0.29) is 0 Å². The van der Waals surface area contributed by atoms with E-state index < -0.39 is 41.1 Å². The number of alkyl halides is 6. The van der Waals surface area contributed by atoms with Crippen molar-refractivity contribution in [1.82, 2.24) is 0 Å². The maximum atomic E-state index is 11.9. The molecule has 0 saturated carbocycles. The Hall–Kier alpha value is 0.160. The molecule has 3 nitrogen and oxygen atoms in total. The minimum absolute atomic E-state index is 1.62. The average Bonchev–Trinajstić information content (AvgIpc) is 2.05. The molecule has 110 valence electrons. The first-order chi connectivity index (χ1) is 7.79. The molecule has 0 bridgehead atoms. The van der Waals surface area contributed by atoms with Crippen molar-refractivity contribution in [1.29, 1.82) is 0 Å². The number of rotatable bonds is 5. The Bertz CT molecular complexity index is 284. The second-order valence-corrected chi connectivity index (χ2v) is 9.64. The molecule has 0 aliphatic rings. The van der Waals surface area contributed by atoms with Crippen LogP contribution in [0.15, 0.2) is 4.52 Å². The van der Waals surface area contributed by atoms with Crippen LogP contribution in [0.5, 0.6) is 0 Å². The van der Waals surface area contributed by atoms with Gasteiger partial charge >= 0.3 is 20.9 Å². The number of halogens is 6. The second-order valence-electron chi connectivity index (χ2n) is 4.05. The van der Waals surface area contributed by atoms with Crippen molar-refractivity contribution in [2.45, 2.75) is 12.4 Å². The normalized spacial score (nSPS) is 14.1. The largest absolute Gasteiger partial charge is 0.412 e. The SMILES string of the molecule is CP(C)(C)=NP(OCC(F)(F)F)OCC(F)(F)F. The first kappa shape index (κ1) is 18.2. The quantitative estimate of drug-likeness (QED) is 0.553. The molecule has 0 aromatic carbocycles. The van der Waals surface area contributed by atoms with Gasteiger partial charge in [-0.1, -0.05) is 0 Å². The molecule has 0 rings (SSSR count). The summed E-state index contributed by atoms with van der Waals surface area (Å²) < 4.78 is 83.6. The molecule has 0 radical (unpaired) electrons. The van der Waals surface area contributed by atoms with Gasteiger partial charge in [0, 0.05) is 0 Å². The van der Waals surface area contributed by atoms with Crippen LogP contribution in [-0.2, 0) is 9.05 Å². The Morgan fingerprint density at radius 3 is 1.44 bits per heavy atom. The number of hydrogen-bond acceptors (Lipinski definition) is 3. The van der Waals surface area contributed by atoms with E-state index in [1.807, 2.05) is 0 Å². The Labute approximate surface area is 102 Å². The average molecular weight is 319 g/mol. The topological polar surface area (TPSA) is 30.8 Å². The summed E-state index contributed by atoms with van der Waals surface area (Å²) in [5.74, 6) is 0. The fourth-order valence-electron chi connectivity index (χ4n) is 0.565. The molecule has 0 N–H and O–H groups in total. The third kappa shape index (κ3) is 12.6. The van der Waals surface area contributed by atoms with E-state index in [4.69, 9.17) is 0 Å². The van der Waals surface area contributed by atoms with Gasteiger partial charge in [-0.25, -0.2) is 4.52 Å². The predicted molar refractivity (Wildman–Crippen MR) is 58.1 cm³/mol. The maximum absolute atomic E-state index is 11.9. The highest BCUT2D eigenvalue weighted by Crippen LogP contribution is 2.53. The summed E-state index contributed by atoms with van der Waals surface area (Å²) in [6.45, 7) is 1.50. The van der Waals surface area contributed by atoms with Crippen LogP contribution >= 0.6 is 15.6 Å².